The van der Waals surface area contributed by atoms with Crippen molar-refractivity contribution in [2.45, 2.75) is 51.7 Å². The summed E-state index contributed by atoms with van der Waals surface area (Å²) in [6, 6.07) is 9.76. The largest absolute Gasteiger partial charge is 0.351 e. The van der Waals surface area contributed by atoms with E-state index in [0.29, 0.717) is 48.6 Å². The second-order valence-corrected chi connectivity index (χ2v) is 8.85. The Morgan fingerprint density at radius 3 is 2.87 bits per heavy atom. The number of carbonyl (C=O) groups is 2. The Morgan fingerprint density at radius 1 is 1.23 bits per heavy atom. The normalized spacial score (nSPS) is 19.4. The molecule has 2 aliphatic rings. The van der Waals surface area contributed by atoms with Crippen molar-refractivity contribution in [2.75, 3.05) is 26.2 Å². The van der Waals surface area contributed by atoms with Crippen LogP contribution in [0.5, 0.6) is 0 Å². The van der Waals surface area contributed by atoms with E-state index in [0.717, 1.165) is 25.1 Å². The molecule has 1 fully saturated rings. The van der Waals surface area contributed by atoms with Gasteiger partial charge in [-0.05, 0) is 44.4 Å². The fraction of sp³-hybridized carbons (Fsp3) is 0.522. The number of aromatic nitrogens is 2. The van der Waals surface area contributed by atoms with Gasteiger partial charge in [0.15, 0.2) is 5.69 Å². The van der Waals surface area contributed by atoms with E-state index in [4.69, 9.17) is 11.6 Å². The van der Waals surface area contributed by atoms with Crippen LogP contribution < -0.4 is 5.32 Å². The predicted octanol–water partition coefficient (Wildman–Crippen LogP) is 3.19. The molecule has 2 aliphatic heterocycles. The van der Waals surface area contributed by atoms with E-state index in [1.807, 2.05) is 24.3 Å². The zero-order chi connectivity index (χ0) is 21.8. The first kappa shape index (κ1) is 21.8. The topological polar surface area (TPSA) is 70.5 Å². The fourth-order valence-electron chi connectivity index (χ4n) is 4.40. The predicted molar refractivity (Wildman–Crippen MR) is 120 cm³/mol. The maximum absolute atomic E-state index is 12.9. The Bertz CT molecular complexity index is 944. The summed E-state index contributed by atoms with van der Waals surface area (Å²) < 4.78 is 1.63. The summed E-state index contributed by atoms with van der Waals surface area (Å²) in [5, 5.41) is 7.96. The van der Waals surface area contributed by atoms with Gasteiger partial charge in [-0.3, -0.25) is 14.3 Å². The first-order valence-corrected chi connectivity index (χ1v) is 11.5. The lowest BCUT2D eigenvalue weighted by molar-refractivity contribution is 0.0683. The van der Waals surface area contributed by atoms with Crippen LogP contribution in [0, 0.1) is 0 Å². The van der Waals surface area contributed by atoms with Gasteiger partial charge in [0.25, 0.3) is 11.8 Å². The molecule has 8 heteroatoms. The van der Waals surface area contributed by atoms with Gasteiger partial charge in [-0.25, -0.2) is 0 Å². The van der Waals surface area contributed by atoms with Gasteiger partial charge in [-0.2, -0.15) is 5.10 Å². The zero-order valence-electron chi connectivity index (χ0n) is 18.0. The Labute approximate surface area is 188 Å². The first-order chi connectivity index (χ1) is 15.0. The third-order valence-electron chi connectivity index (χ3n) is 6.27. The van der Waals surface area contributed by atoms with Crippen molar-refractivity contribution in [1.29, 1.82) is 0 Å². The summed E-state index contributed by atoms with van der Waals surface area (Å²) in [5.41, 5.74) is 1.66. The number of fused-ring (bicyclic) bond motifs is 1. The second kappa shape index (κ2) is 9.83. The average Bonchev–Trinajstić information content (AvgIpc) is 3.21. The molecule has 2 amide bonds. The molecule has 1 N–H and O–H groups in total. The molecule has 2 aromatic rings. The Kier molecular flexibility index (Phi) is 6.92. The lowest BCUT2D eigenvalue weighted by Crippen LogP contribution is -2.39. The van der Waals surface area contributed by atoms with E-state index in [2.05, 4.69) is 22.2 Å². The number of nitrogens with zero attached hydrogens (tertiary/aromatic N) is 4. The van der Waals surface area contributed by atoms with Gasteiger partial charge in [0.1, 0.15) is 5.69 Å². The van der Waals surface area contributed by atoms with Gasteiger partial charge in [-0.15, -0.1) is 0 Å². The molecular weight excluding hydrogens is 414 g/mol. The molecule has 31 heavy (non-hydrogen) atoms. The van der Waals surface area contributed by atoms with Crippen molar-refractivity contribution < 1.29 is 9.59 Å². The molecule has 4 rings (SSSR count). The van der Waals surface area contributed by atoms with Crippen LogP contribution >= 0.6 is 11.6 Å². The zero-order valence-corrected chi connectivity index (χ0v) is 18.8. The third-order valence-corrected chi connectivity index (χ3v) is 6.64. The minimum atomic E-state index is -0.223. The lowest BCUT2D eigenvalue weighted by atomic mass is 10.0. The van der Waals surface area contributed by atoms with E-state index in [9.17, 15) is 9.59 Å². The standard InChI is InChI=1S/C23H30ClN5O2/c1-17-7-4-5-11-27(17)12-6-10-25-22(30)20-15-21-23(31)28(13-14-29(21)26-20)16-18-8-2-3-9-19(18)24/h2-3,8-9,15,17H,4-7,10-14,16H2,1H3,(H,25,30)/t17-/m0/s1. The molecule has 1 aromatic heterocycles. The van der Waals surface area contributed by atoms with Crippen LogP contribution in [0.3, 0.4) is 0 Å². The van der Waals surface area contributed by atoms with Crippen LogP contribution in [0.25, 0.3) is 0 Å². The summed E-state index contributed by atoms with van der Waals surface area (Å²) in [7, 11) is 0. The van der Waals surface area contributed by atoms with E-state index in [1.165, 1.54) is 19.3 Å². The molecule has 1 aromatic carbocycles. The molecule has 0 radical (unpaired) electrons. The van der Waals surface area contributed by atoms with Crippen LogP contribution in [0.4, 0.5) is 0 Å². The van der Waals surface area contributed by atoms with Crippen molar-refractivity contribution in [3.8, 4) is 0 Å². The van der Waals surface area contributed by atoms with Crippen molar-refractivity contribution >= 4 is 23.4 Å². The molecule has 0 bridgehead atoms. The third kappa shape index (κ3) is 5.10. The summed E-state index contributed by atoms with van der Waals surface area (Å²) in [4.78, 5) is 29.7. The van der Waals surface area contributed by atoms with Gasteiger partial charge in [0.05, 0.1) is 6.54 Å². The number of rotatable bonds is 7. The minimum Gasteiger partial charge on any atom is -0.351 e. The molecule has 1 atom stereocenters. The van der Waals surface area contributed by atoms with Crippen LogP contribution in [0.1, 0.15) is 59.1 Å². The molecule has 166 valence electrons. The summed E-state index contributed by atoms with van der Waals surface area (Å²) in [6.07, 6.45) is 4.74. The lowest BCUT2D eigenvalue weighted by Gasteiger charge is -2.33. The van der Waals surface area contributed by atoms with Crippen molar-refractivity contribution in [3.05, 3.63) is 52.3 Å². The molecule has 0 spiro atoms. The molecular formula is C23H30ClN5O2. The highest BCUT2D eigenvalue weighted by atomic mass is 35.5. The van der Waals surface area contributed by atoms with Crippen LogP contribution in [-0.4, -0.2) is 63.6 Å². The number of carbonyl (C=O) groups excluding carboxylic acids is 2. The smallest absolute Gasteiger partial charge is 0.272 e. The number of hydrogen-bond acceptors (Lipinski definition) is 4. The van der Waals surface area contributed by atoms with Gasteiger partial charge in [-0.1, -0.05) is 36.2 Å². The number of likely N-dealkylation sites (tertiary alicyclic amines) is 1. The average molecular weight is 444 g/mol. The Hall–Kier alpha value is -2.38. The quantitative estimate of drug-likeness (QED) is 0.667. The van der Waals surface area contributed by atoms with E-state index >= 15 is 0 Å². The fourth-order valence-corrected chi connectivity index (χ4v) is 4.59. The van der Waals surface area contributed by atoms with Crippen molar-refractivity contribution in [3.63, 3.8) is 0 Å². The minimum absolute atomic E-state index is 0.128. The van der Waals surface area contributed by atoms with Gasteiger partial charge in [0, 0.05) is 43.3 Å². The van der Waals surface area contributed by atoms with Crippen molar-refractivity contribution in [2.24, 2.45) is 0 Å². The Balaban J connectivity index is 1.31. The molecule has 7 nitrogen and oxygen atoms in total. The van der Waals surface area contributed by atoms with Crippen LogP contribution in [-0.2, 0) is 13.1 Å². The number of hydrogen-bond donors (Lipinski definition) is 1. The Morgan fingerprint density at radius 2 is 2.06 bits per heavy atom. The maximum Gasteiger partial charge on any atom is 0.272 e. The number of nitrogens with one attached hydrogen (secondary N) is 1. The number of halogens is 1. The maximum atomic E-state index is 12.9. The van der Waals surface area contributed by atoms with Gasteiger partial charge >= 0.3 is 0 Å². The number of piperidine rings is 1. The number of benzene rings is 1. The monoisotopic (exact) mass is 443 g/mol. The SMILES string of the molecule is C[C@H]1CCCCN1CCCNC(=O)c1cc2n(n1)CCN(Cc1ccccc1Cl)C2=O. The highest BCUT2D eigenvalue weighted by Gasteiger charge is 2.28. The molecule has 1 saturated heterocycles. The number of amides is 2. The summed E-state index contributed by atoms with van der Waals surface area (Å²) in [5.74, 6) is -0.351. The van der Waals surface area contributed by atoms with Crippen molar-refractivity contribution in [1.82, 2.24) is 24.9 Å². The van der Waals surface area contributed by atoms with Crippen LogP contribution in [0.15, 0.2) is 30.3 Å². The molecule has 0 unspecified atom stereocenters. The molecule has 0 aliphatic carbocycles. The molecule has 3 heterocycles. The van der Waals surface area contributed by atoms with Gasteiger partial charge in [0.2, 0.25) is 0 Å². The van der Waals surface area contributed by atoms with Crippen LogP contribution in [0.2, 0.25) is 5.02 Å². The molecule has 0 saturated carbocycles. The highest BCUT2D eigenvalue weighted by Crippen LogP contribution is 2.21. The highest BCUT2D eigenvalue weighted by molar-refractivity contribution is 6.31. The van der Waals surface area contributed by atoms with E-state index in [1.54, 1.807) is 15.6 Å². The second-order valence-electron chi connectivity index (χ2n) is 8.45. The van der Waals surface area contributed by atoms with Gasteiger partial charge < -0.3 is 15.1 Å². The summed E-state index contributed by atoms with van der Waals surface area (Å²) >= 11 is 6.24. The van der Waals surface area contributed by atoms with E-state index in [-0.39, 0.29) is 11.8 Å². The van der Waals surface area contributed by atoms with E-state index < -0.39 is 0 Å². The first-order valence-electron chi connectivity index (χ1n) is 11.2. The summed E-state index contributed by atoms with van der Waals surface area (Å²) in [6.45, 7) is 6.57.